The average molecular weight is 342 g/mol. The van der Waals surface area contributed by atoms with E-state index in [1.54, 1.807) is 7.11 Å². The molecular formula is C20H30N4O. The summed E-state index contributed by atoms with van der Waals surface area (Å²) in [4.78, 5) is 6.56. The molecule has 0 aliphatic rings. The molecular weight excluding hydrogens is 312 g/mol. The highest BCUT2D eigenvalue weighted by molar-refractivity contribution is 5.79. The zero-order valence-electron chi connectivity index (χ0n) is 16.2. The molecule has 0 saturated carbocycles. The van der Waals surface area contributed by atoms with Crippen molar-refractivity contribution in [2.45, 2.75) is 25.8 Å². The van der Waals surface area contributed by atoms with Crippen molar-refractivity contribution < 1.29 is 4.74 Å². The minimum Gasteiger partial charge on any atom is -0.497 e. The molecule has 25 heavy (non-hydrogen) atoms. The first kappa shape index (κ1) is 18.9. The van der Waals surface area contributed by atoms with Crippen LogP contribution in [0.15, 0.2) is 47.6 Å². The van der Waals surface area contributed by atoms with Crippen molar-refractivity contribution in [3.63, 3.8) is 0 Å². The van der Waals surface area contributed by atoms with E-state index in [1.165, 1.54) is 11.3 Å². The van der Waals surface area contributed by atoms with Gasteiger partial charge in [-0.2, -0.15) is 0 Å². The maximum atomic E-state index is 5.35. The maximum Gasteiger partial charge on any atom is 0.193 e. The van der Waals surface area contributed by atoms with Gasteiger partial charge in [0.05, 0.1) is 13.7 Å². The first-order chi connectivity index (χ1) is 11.9. The van der Waals surface area contributed by atoms with Crippen LogP contribution in [0.4, 0.5) is 0 Å². The fourth-order valence-corrected chi connectivity index (χ4v) is 2.81. The van der Waals surface area contributed by atoms with Crippen molar-refractivity contribution in [2.75, 3.05) is 27.7 Å². The molecule has 1 N–H and O–H groups in total. The molecule has 5 nitrogen and oxygen atoms in total. The normalized spacial score (nSPS) is 12.2. The molecule has 0 bridgehead atoms. The number of hydrogen-bond donors (Lipinski definition) is 1. The Kier molecular flexibility index (Phi) is 6.12. The number of guanidine groups is 1. The van der Waals surface area contributed by atoms with Crippen LogP contribution in [0.25, 0.3) is 0 Å². The lowest BCUT2D eigenvalue weighted by atomic mass is 9.84. The third-order valence-electron chi connectivity index (χ3n) is 4.56. The zero-order chi connectivity index (χ0) is 18.4. The fourth-order valence-electron chi connectivity index (χ4n) is 2.81. The van der Waals surface area contributed by atoms with Gasteiger partial charge in [0, 0.05) is 45.0 Å². The van der Waals surface area contributed by atoms with Gasteiger partial charge in [0.15, 0.2) is 5.96 Å². The Bertz CT molecular complexity index is 718. The van der Waals surface area contributed by atoms with Crippen LogP contribution in [0.1, 0.15) is 25.1 Å². The molecule has 0 radical (unpaired) electrons. The molecule has 0 unspecified atom stereocenters. The third kappa shape index (κ3) is 4.78. The smallest absolute Gasteiger partial charge is 0.193 e. The molecule has 0 atom stereocenters. The second-order valence-corrected chi connectivity index (χ2v) is 6.98. The van der Waals surface area contributed by atoms with Gasteiger partial charge in [-0.15, -0.1) is 0 Å². The van der Waals surface area contributed by atoms with Gasteiger partial charge >= 0.3 is 0 Å². The minimum absolute atomic E-state index is 0.0453. The number of aryl methyl sites for hydroxylation is 1. The molecule has 0 aliphatic heterocycles. The van der Waals surface area contributed by atoms with Crippen LogP contribution in [0.3, 0.4) is 0 Å². The molecule has 0 spiro atoms. The van der Waals surface area contributed by atoms with Gasteiger partial charge < -0.3 is 19.5 Å². The first-order valence-electron chi connectivity index (χ1n) is 8.54. The zero-order valence-corrected chi connectivity index (χ0v) is 16.2. The van der Waals surface area contributed by atoms with Crippen LogP contribution in [-0.4, -0.2) is 43.2 Å². The number of aromatic nitrogens is 1. The van der Waals surface area contributed by atoms with E-state index in [9.17, 15) is 0 Å². The van der Waals surface area contributed by atoms with E-state index in [0.29, 0.717) is 0 Å². The lowest BCUT2D eigenvalue weighted by Crippen LogP contribution is -2.44. The third-order valence-corrected chi connectivity index (χ3v) is 4.56. The van der Waals surface area contributed by atoms with Crippen molar-refractivity contribution in [3.05, 3.63) is 53.9 Å². The molecule has 2 rings (SSSR count). The van der Waals surface area contributed by atoms with Crippen molar-refractivity contribution in [1.82, 2.24) is 14.8 Å². The van der Waals surface area contributed by atoms with Gasteiger partial charge in [-0.3, -0.25) is 4.99 Å². The summed E-state index contributed by atoms with van der Waals surface area (Å²) in [6.07, 6.45) is 2.06. The number of methoxy groups -OCH3 is 1. The lowest BCUT2D eigenvalue weighted by Gasteiger charge is -2.29. The van der Waals surface area contributed by atoms with Gasteiger partial charge in [-0.05, 0) is 29.8 Å². The Morgan fingerprint density at radius 1 is 1.28 bits per heavy atom. The van der Waals surface area contributed by atoms with E-state index >= 15 is 0 Å². The highest BCUT2D eigenvalue weighted by Crippen LogP contribution is 2.25. The summed E-state index contributed by atoms with van der Waals surface area (Å²) in [5.74, 6) is 1.77. The number of aliphatic imine (C=N–C) groups is 1. The van der Waals surface area contributed by atoms with Crippen molar-refractivity contribution in [1.29, 1.82) is 0 Å². The van der Waals surface area contributed by atoms with Crippen LogP contribution in [-0.2, 0) is 19.0 Å². The number of rotatable bonds is 6. The van der Waals surface area contributed by atoms with Gasteiger partial charge in [0.1, 0.15) is 5.75 Å². The van der Waals surface area contributed by atoms with Gasteiger partial charge in [0.25, 0.3) is 0 Å². The molecule has 1 aromatic heterocycles. The number of ether oxygens (including phenoxy) is 1. The van der Waals surface area contributed by atoms with Crippen molar-refractivity contribution in [3.8, 4) is 5.75 Å². The lowest BCUT2D eigenvalue weighted by molar-refractivity contribution is 0.410. The maximum absolute atomic E-state index is 5.35. The standard InChI is InChI=1S/C20H30N4O/c1-20(2,16-9-7-11-18(13-16)25-6)15-22-19(21-3)24(5)14-17-10-8-12-23(17)4/h7-13H,14-15H2,1-6H3,(H,21,22). The molecule has 0 saturated heterocycles. The van der Waals surface area contributed by atoms with Gasteiger partial charge in [-0.25, -0.2) is 0 Å². The van der Waals surface area contributed by atoms with E-state index in [0.717, 1.165) is 24.8 Å². The Morgan fingerprint density at radius 3 is 2.64 bits per heavy atom. The summed E-state index contributed by atoms with van der Waals surface area (Å²) in [5.41, 5.74) is 2.44. The molecule has 5 heteroatoms. The summed E-state index contributed by atoms with van der Waals surface area (Å²) < 4.78 is 7.48. The topological polar surface area (TPSA) is 41.8 Å². The first-order valence-corrected chi connectivity index (χ1v) is 8.54. The van der Waals surface area contributed by atoms with Crippen LogP contribution < -0.4 is 10.1 Å². The van der Waals surface area contributed by atoms with E-state index in [4.69, 9.17) is 4.74 Å². The molecule has 1 aromatic carbocycles. The van der Waals surface area contributed by atoms with Crippen LogP contribution in [0.5, 0.6) is 5.75 Å². The predicted octanol–water partition coefficient (Wildman–Crippen LogP) is 3.02. The second-order valence-electron chi connectivity index (χ2n) is 6.98. The monoisotopic (exact) mass is 342 g/mol. The summed E-state index contributed by atoms with van der Waals surface area (Å²) in [5, 5.41) is 3.50. The summed E-state index contributed by atoms with van der Waals surface area (Å²) in [6, 6.07) is 12.4. The predicted molar refractivity (Wildman–Crippen MR) is 104 cm³/mol. The highest BCUT2D eigenvalue weighted by Gasteiger charge is 2.22. The molecule has 0 amide bonds. The van der Waals surface area contributed by atoms with Crippen LogP contribution in [0.2, 0.25) is 0 Å². The second kappa shape index (κ2) is 8.10. The van der Waals surface area contributed by atoms with E-state index < -0.39 is 0 Å². The SMILES string of the molecule is CN=C(NCC(C)(C)c1cccc(OC)c1)N(C)Cc1cccn1C. The van der Waals surface area contributed by atoms with Crippen LogP contribution >= 0.6 is 0 Å². The minimum atomic E-state index is -0.0453. The number of nitrogens with zero attached hydrogens (tertiary/aromatic N) is 3. The Morgan fingerprint density at radius 2 is 2.04 bits per heavy atom. The van der Waals surface area contributed by atoms with E-state index in [-0.39, 0.29) is 5.41 Å². The average Bonchev–Trinajstić information content (AvgIpc) is 3.00. The summed E-state index contributed by atoms with van der Waals surface area (Å²) in [7, 11) is 7.64. The molecule has 1 heterocycles. The van der Waals surface area contributed by atoms with E-state index in [1.807, 2.05) is 19.2 Å². The number of nitrogens with one attached hydrogen (secondary N) is 1. The Hall–Kier alpha value is -2.43. The fraction of sp³-hybridized carbons (Fsp3) is 0.450. The highest BCUT2D eigenvalue weighted by atomic mass is 16.5. The summed E-state index contributed by atoms with van der Waals surface area (Å²) in [6.45, 7) is 6.03. The number of benzene rings is 1. The molecule has 2 aromatic rings. The molecule has 136 valence electrons. The molecule has 0 fully saturated rings. The molecule has 0 aliphatic carbocycles. The van der Waals surface area contributed by atoms with Crippen molar-refractivity contribution >= 4 is 5.96 Å². The van der Waals surface area contributed by atoms with Gasteiger partial charge in [0.2, 0.25) is 0 Å². The quantitative estimate of drug-likeness (QED) is 0.648. The Labute approximate surface area is 151 Å². The van der Waals surface area contributed by atoms with Crippen molar-refractivity contribution in [2.24, 2.45) is 12.0 Å². The van der Waals surface area contributed by atoms with Gasteiger partial charge in [-0.1, -0.05) is 26.0 Å². The largest absolute Gasteiger partial charge is 0.497 e. The van der Waals surface area contributed by atoms with E-state index in [2.05, 4.69) is 78.2 Å². The number of hydrogen-bond acceptors (Lipinski definition) is 2. The Balaban J connectivity index is 2.02. The summed E-state index contributed by atoms with van der Waals surface area (Å²) >= 11 is 0. The van der Waals surface area contributed by atoms with Crippen LogP contribution in [0, 0.1) is 0 Å².